The molecule has 2 atom stereocenters. The van der Waals surface area contributed by atoms with Crippen LogP contribution in [0.15, 0.2) is 24.3 Å². The molecule has 0 spiro atoms. The van der Waals surface area contributed by atoms with Crippen LogP contribution >= 0.6 is 0 Å². The number of hydrogen-bond acceptors (Lipinski definition) is 3. The zero-order chi connectivity index (χ0) is 16.5. The first-order valence-electron chi connectivity index (χ1n) is 8.99. The van der Waals surface area contributed by atoms with E-state index >= 15 is 0 Å². The van der Waals surface area contributed by atoms with Crippen molar-refractivity contribution in [2.24, 2.45) is 0 Å². The minimum absolute atomic E-state index is 0.0600. The minimum Gasteiger partial charge on any atom is -0.494 e. The third kappa shape index (κ3) is 6.22. The molecule has 0 radical (unpaired) electrons. The standard InChI is InChI=1S/C19H30N2O2/c1-3-4-5-6-14-23-17-12-10-16(11-13-17)21-19(22)18-9-7-8-15(2)20-18/h10-13,15,18,20H,3-9,14H2,1-2H3,(H,21,22). The van der Waals surface area contributed by atoms with Crippen LogP contribution in [-0.4, -0.2) is 24.6 Å². The van der Waals surface area contributed by atoms with Crippen molar-refractivity contribution in [3.63, 3.8) is 0 Å². The van der Waals surface area contributed by atoms with E-state index < -0.39 is 0 Å². The molecular formula is C19H30N2O2. The summed E-state index contributed by atoms with van der Waals surface area (Å²) in [6, 6.07) is 8.01. The zero-order valence-electron chi connectivity index (χ0n) is 14.4. The van der Waals surface area contributed by atoms with Gasteiger partial charge in [-0.05, 0) is 56.9 Å². The van der Waals surface area contributed by atoms with Gasteiger partial charge in [-0.25, -0.2) is 0 Å². The molecule has 0 bridgehead atoms. The molecule has 1 aliphatic heterocycles. The number of anilines is 1. The van der Waals surface area contributed by atoms with Crippen molar-refractivity contribution in [1.29, 1.82) is 0 Å². The van der Waals surface area contributed by atoms with Gasteiger partial charge in [0, 0.05) is 11.7 Å². The highest BCUT2D eigenvalue weighted by Gasteiger charge is 2.23. The van der Waals surface area contributed by atoms with Crippen LogP contribution in [0.4, 0.5) is 5.69 Å². The van der Waals surface area contributed by atoms with Crippen LogP contribution in [-0.2, 0) is 4.79 Å². The predicted molar refractivity (Wildman–Crippen MR) is 94.9 cm³/mol. The molecule has 1 aromatic rings. The van der Waals surface area contributed by atoms with Gasteiger partial charge in [0.1, 0.15) is 5.75 Å². The summed E-state index contributed by atoms with van der Waals surface area (Å²) in [6.45, 7) is 5.10. The highest BCUT2D eigenvalue weighted by atomic mass is 16.5. The van der Waals surface area contributed by atoms with Crippen LogP contribution in [0.1, 0.15) is 58.8 Å². The number of unbranched alkanes of at least 4 members (excludes halogenated alkanes) is 3. The highest BCUT2D eigenvalue weighted by Crippen LogP contribution is 2.18. The smallest absolute Gasteiger partial charge is 0.241 e. The Kier molecular flexibility index (Phi) is 7.40. The Morgan fingerprint density at radius 3 is 2.70 bits per heavy atom. The number of carbonyl (C=O) groups is 1. The van der Waals surface area contributed by atoms with E-state index in [1.165, 1.54) is 19.3 Å². The number of benzene rings is 1. The number of hydrogen-bond donors (Lipinski definition) is 2. The second kappa shape index (κ2) is 9.56. The van der Waals surface area contributed by atoms with Crippen LogP contribution in [0.2, 0.25) is 0 Å². The lowest BCUT2D eigenvalue weighted by Gasteiger charge is -2.27. The number of nitrogens with one attached hydrogen (secondary N) is 2. The summed E-state index contributed by atoms with van der Waals surface area (Å²) in [4.78, 5) is 12.3. The first-order valence-corrected chi connectivity index (χ1v) is 8.99. The Morgan fingerprint density at radius 1 is 1.22 bits per heavy atom. The molecule has 2 unspecified atom stereocenters. The van der Waals surface area contributed by atoms with Crippen LogP contribution in [0, 0.1) is 0 Å². The van der Waals surface area contributed by atoms with Crippen molar-refractivity contribution in [1.82, 2.24) is 5.32 Å². The Hall–Kier alpha value is -1.55. The van der Waals surface area contributed by atoms with Crippen molar-refractivity contribution in [2.75, 3.05) is 11.9 Å². The maximum absolute atomic E-state index is 12.3. The summed E-state index contributed by atoms with van der Waals surface area (Å²) in [5.41, 5.74) is 0.827. The van der Waals surface area contributed by atoms with Gasteiger partial charge in [-0.3, -0.25) is 4.79 Å². The van der Waals surface area contributed by atoms with E-state index in [-0.39, 0.29) is 11.9 Å². The molecule has 23 heavy (non-hydrogen) atoms. The SMILES string of the molecule is CCCCCCOc1ccc(NC(=O)C2CCCC(C)N2)cc1. The third-order valence-electron chi connectivity index (χ3n) is 4.32. The number of ether oxygens (including phenoxy) is 1. The molecule has 1 aliphatic rings. The maximum atomic E-state index is 12.3. The average Bonchev–Trinajstić information content (AvgIpc) is 2.56. The fourth-order valence-corrected chi connectivity index (χ4v) is 2.93. The quantitative estimate of drug-likeness (QED) is 0.709. The summed E-state index contributed by atoms with van der Waals surface area (Å²) in [6.07, 6.45) is 7.99. The maximum Gasteiger partial charge on any atom is 0.241 e. The largest absolute Gasteiger partial charge is 0.494 e. The predicted octanol–water partition coefficient (Wildman–Crippen LogP) is 4.11. The Labute approximate surface area is 140 Å². The minimum atomic E-state index is -0.0757. The summed E-state index contributed by atoms with van der Waals surface area (Å²) in [5, 5.41) is 6.34. The number of amides is 1. The van der Waals surface area contributed by atoms with Crippen molar-refractivity contribution < 1.29 is 9.53 Å². The molecule has 2 N–H and O–H groups in total. The molecule has 4 heteroatoms. The van der Waals surface area contributed by atoms with Crippen LogP contribution in [0.3, 0.4) is 0 Å². The Bertz CT molecular complexity index is 473. The van der Waals surface area contributed by atoms with E-state index in [9.17, 15) is 4.79 Å². The molecule has 128 valence electrons. The highest BCUT2D eigenvalue weighted by molar-refractivity contribution is 5.94. The molecule has 0 aliphatic carbocycles. The number of carbonyl (C=O) groups excluding carboxylic acids is 1. The summed E-state index contributed by atoms with van der Waals surface area (Å²) >= 11 is 0. The van der Waals surface area contributed by atoms with Crippen LogP contribution in [0.5, 0.6) is 5.75 Å². The normalized spacial score (nSPS) is 21.0. The average molecular weight is 318 g/mol. The Morgan fingerprint density at radius 2 is 2.00 bits per heavy atom. The fourth-order valence-electron chi connectivity index (χ4n) is 2.93. The lowest BCUT2D eigenvalue weighted by molar-refractivity contribution is -0.118. The topological polar surface area (TPSA) is 50.4 Å². The van der Waals surface area contributed by atoms with Gasteiger partial charge < -0.3 is 15.4 Å². The molecule has 4 nitrogen and oxygen atoms in total. The number of piperidine rings is 1. The molecular weight excluding hydrogens is 288 g/mol. The van der Waals surface area contributed by atoms with Gasteiger partial charge in [-0.2, -0.15) is 0 Å². The second-order valence-corrected chi connectivity index (χ2v) is 6.47. The molecule has 0 aromatic heterocycles. The molecule has 1 amide bonds. The molecule has 1 fully saturated rings. The molecule has 0 saturated carbocycles. The lowest BCUT2D eigenvalue weighted by Crippen LogP contribution is -2.47. The van der Waals surface area contributed by atoms with Crippen LogP contribution < -0.4 is 15.4 Å². The van der Waals surface area contributed by atoms with E-state index in [0.717, 1.165) is 43.7 Å². The summed E-state index contributed by atoms with van der Waals surface area (Å²) in [7, 11) is 0. The second-order valence-electron chi connectivity index (χ2n) is 6.47. The van der Waals surface area contributed by atoms with E-state index in [4.69, 9.17) is 4.74 Å². The van der Waals surface area contributed by atoms with Gasteiger partial charge in [0.05, 0.1) is 12.6 Å². The van der Waals surface area contributed by atoms with Gasteiger partial charge in [-0.15, -0.1) is 0 Å². The Balaban J connectivity index is 1.74. The first-order chi connectivity index (χ1) is 11.2. The van der Waals surface area contributed by atoms with Gasteiger partial charge in [-0.1, -0.05) is 26.2 Å². The van der Waals surface area contributed by atoms with E-state index in [2.05, 4.69) is 24.5 Å². The molecule has 2 rings (SSSR count). The van der Waals surface area contributed by atoms with E-state index in [1.54, 1.807) is 0 Å². The third-order valence-corrected chi connectivity index (χ3v) is 4.32. The summed E-state index contributed by atoms with van der Waals surface area (Å²) in [5.74, 6) is 0.925. The van der Waals surface area contributed by atoms with Crippen LogP contribution in [0.25, 0.3) is 0 Å². The number of rotatable bonds is 8. The van der Waals surface area contributed by atoms with Gasteiger partial charge in [0.15, 0.2) is 0 Å². The van der Waals surface area contributed by atoms with Crippen molar-refractivity contribution in [2.45, 2.75) is 70.9 Å². The monoisotopic (exact) mass is 318 g/mol. The zero-order valence-corrected chi connectivity index (χ0v) is 14.4. The van der Waals surface area contributed by atoms with Crippen molar-refractivity contribution >= 4 is 11.6 Å². The van der Waals surface area contributed by atoms with E-state index in [0.29, 0.717) is 6.04 Å². The van der Waals surface area contributed by atoms with Gasteiger partial charge in [0.2, 0.25) is 5.91 Å². The first kappa shape index (κ1) is 17.8. The molecule has 1 heterocycles. The van der Waals surface area contributed by atoms with Gasteiger partial charge >= 0.3 is 0 Å². The molecule has 1 aromatic carbocycles. The fraction of sp³-hybridized carbons (Fsp3) is 0.632. The van der Waals surface area contributed by atoms with E-state index in [1.807, 2.05) is 24.3 Å². The van der Waals surface area contributed by atoms with Gasteiger partial charge in [0.25, 0.3) is 0 Å². The lowest BCUT2D eigenvalue weighted by atomic mass is 9.99. The molecule has 1 saturated heterocycles. The van der Waals surface area contributed by atoms with Crippen molar-refractivity contribution in [3.8, 4) is 5.75 Å². The van der Waals surface area contributed by atoms with Crippen molar-refractivity contribution in [3.05, 3.63) is 24.3 Å². The summed E-state index contributed by atoms with van der Waals surface area (Å²) < 4.78 is 5.72.